The Hall–Kier alpha value is -0.720. The average Bonchev–Trinajstić information content (AvgIpc) is 2.58. The van der Waals surface area contributed by atoms with Crippen LogP contribution in [0.5, 0.6) is 0 Å². The molecule has 2 aliphatic heterocycles. The summed E-state index contributed by atoms with van der Waals surface area (Å²) in [6, 6.07) is -0.163. The minimum atomic E-state index is -0.163. The van der Waals surface area contributed by atoms with Crippen molar-refractivity contribution < 1.29 is 9.53 Å². The Kier molecular flexibility index (Phi) is 3.96. The summed E-state index contributed by atoms with van der Waals surface area (Å²) in [6.07, 6.45) is 0. The monoisotopic (exact) mass is 257 g/mol. The van der Waals surface area contributed by atoms with Crippen LogP contribution in [0.3, 0.4) is 0 Å². The van der Waals surface area contributed by atoms with Gasteiger partial charge in [0.1, 0.15) is 6.04 Å². The molecule has 2 heterocycles. The van der Waals surface area contributed by atoms with E-state index in [0.29, 0.717) is 11.8 Å². The highest BCUT2D eigenvalue weighted by molar-refractivity contribution is 7.80. The van der Waals surface area contributed by atoms with E-state index in [1.165, 1.54) is 0 Å². The zero-order valence-electron chi connectivity index (χ0n) is 10.3. The number of rotatable bonds is 3. The van der Waals surface area contributed by atoms with E-state index in [4.69, 9.17) is 17.0 Å². The van der Waals surface area contributed by atoms with Crippen molar-refractivity contribution in [2.75, 3.05) is 33.0 Å². The number of hydrogen-bond donors (Lipinski definition) is 1. The van der Waals surface area contributed by atoms with Crippen LogP contribution in [0.2, 0.25) is 0 Å². The molecule has 96 valence electrons. The zero-order chi connectivity index (χ0) is 12.4. The molecule has 0 aliphatic carbocycles. The van der Waals surface area contributed by atoms with Crippen LogP contribution in [-0.2, 0) is 9.53 Å². The summed E-state index contributed by atoms with van der Waals surface area (Å²) in [4.78, 5) is 16.0. The molecule has 2 fully saturated rings. The van der Waals surface area contributed by atoms with Gasteiger partial charge >= 0.3 is 0 Å². The summed E-state index contributed by atoms with van der Waals surface area (Å²) in [5.41, 5.74) is 0. The second kappa shape index (κ2) is 5.29. The van der Waals surface area contributed by atoms with Gasteiger partial charge in [0.05, 0.1) is 19.9 Å². The largest absolute Gasteiger partial charge is 0.379 e. The molecule has 2 saturated heterocycles. The molecular weight excluding hydrogens is 238 g/mol. The van der Waals surface area contributed by atoms with E-state index in [0.717, 1.165) is 26.3 Å². The van der Waals surface area contributed by atoms with Crippen LogP contribution >= 0.6 is 12.2 Å². The smallest absolute Gasteiger partial charge is 0.252 e. The average molecular weight is 257 g/mol. The number of nitrogens with zero attached hydrogens (tertiary/aromatic N) is 2. The summed E-state index contributed by atoms with van der Waals surface area (Å²) in [5.74, 6) is 0.353. The molecule has 0 aromatic carbocycles. The highest BCUT2D eigenvalue weighted by Crippen LogP contribution is 2.14. The molecule has 0 aromatic rings. The van der Waals surface area contributed by atoms with E-state index >= 15 is 0 Å². The van der Waals surface area contributed by atoms with Gasteiger partial charge in [0.2, 0.25) is 0 Å². The minimum Gasteiger partial charge on any atom is -0.379 e. The lowest BCUT2D eigenvalue weighted by Crippen LogP contribution is -2.46. The predicted molar refractivity (Wildman–Crippen MR) is 68.5 cm³/mol. The number of ether oxygens (including phenoxy) is 1. The number of amides is 1. The molecule has 0 unspecified atom stereocenters. The van der Waals surface area contributed by atoms with Gasteiger partial charge in [0, 0.05) is 13.1 Å². The van der Waals surface area contributed by atoms with Crippen molar-refractivity contribution in [3.63, 3.8) is 0 Å². The van der Waals surface area contributed by atoms with E-state index in [1.807, 2.05) is 13.8 Å². The SMILES string of the molecule is CC(C)[C@@H]1NC(=S)N(CN2CCOCC2)C1=O. The third-order valence-corrected chi connectivity index (χ3v) is 3.51. The molecular formula is C11H19N3O2S. The first kappa shape index (κ1) is 12.7. The number of morpholine rings is 1. The van der Waals surface area contributed by atoms with Gasteiger partial charge < -0.3 is 10.1 Å². The lowest BCUT2D eigenvalue weighted by atomic mass is 10.1. The normalized spacial score (nSPS) is 26.8. The maximum atomic E-state index is 12.1. The highest BCUT2D eigenvalue weighted by atomic mass is 32.1. The third-order valence-electron chi connectivity index (χ3n) is 3.17. The van der Waals surface area contributed by atoms with Crippen molar-refractivity contribution in [1.29, 1.82) is 0 Å². The summed E-state index contributed by atoms with van der Waals surface area (Å²) in [5, 5.41) is 3.65. The standard InChI is InChI=1S/C11H19N3O2S/c1-8(2)9-10(15)14(11(17)12-9)7-13-3-5-16-6-4-13/h8-9H,3-7H2,1-2H3,(H,12,17)/t9-/m0/s1. The first-order chi connectivity index (χ1) is 8.09. The van der Waals surface area contributed by atoms with E-state index in [1.54, 1.807) is 4.90 Å². The van der Waals surface area contributed by atoms with Gasteiger partial charge in [0.25, 0.3) is 5.91 Å². The number of thiocarbonyl (C=S) groups is 1. The summed E-state index contributed by atoms with van der Waals surface area (Å²) in [7, 11) is 0. The van der Waals surface area contributed by atoms with Gasteiger partial charge in [0.15, 0.2) is 5.11 Å². The maximum absolute atomic E-state index is 12.1. The number of nitrogens with one attached hydrogen (secondary N) is 1. The predicted octanol–water partition coefficient (Wildman–Crippen LogP) is 0.0174. The highest BCUT2D eigenvalue weighted by Gasteiger charge is 2.37. The zero-order valence-corrected chi connectivity index (χ0v) is 11.1. The fraction of sp³-hybridized carbons (Fsp3) is 0.818. The molecule has 0 radical (unpaired) electrons. The molecule has 5 nitrogen and oxygen atoms in total. The lowest BCUT2D eigenvalue weighted by Gasteiger charge is -2.30. The maximum Gasteiger partial charge on any atom is 0.252 e. The fourth-order valence-corrected chi connectivity index (χ4v) is 2.34. The van der Waals surface area contributed by atoms with E-state index < -0.39 is 0 Å². The molecule has 2 rings (SSSR count). The van der Waals surface area contributed by atoms with Crippen LogP contribution in [0.1, 0.15) is 13.8 Å². The molecule has 2 aliphatic rings. The first-order valence-electron chi connectivity index (χ1n) is 6.01. The molecule has 17 heavy (non-hydrogen) atoms. The van der Waals surface area contributed by atoms with Crippen LogP contribution in [0, 0.1) is 5.92 Å². The Balaban J connectivity index is 1.96. The molecule has 0 saturated carbocycles. The van der Waals surface area contributed by atoms with Gasteiger partial charge in [-0.3, -0.25) is 14.6 Å². The summed E-state index contributed by atoms with van der Waals surface area (Å²) >= 11 is 5.22. The topological polar surface area (TPSA) is 44.8 Å². The van der Waals surface area contributed by atoms with E-state index in [2.05, 4.69) is 10.2 Å². The third kappa shape index (κ3) is 2.75. The lowest BCUT2D eigenvalue weighted by molar-refractivity contribution is -0.130. The van der Waals surface area contributed by atoms with Gasteiger partial charge in [-0.25, -0.2) is 0 Å². The Morgan fingerprint density at radius 1 is 1.47 bits per heavy atom. The second-order valence-electron chi connectivity index (χ2n) is 4.81. The van der Waals surface area contributed by atoms with Crippen molar-refractivity contribution in [2.45, 2.75) is 19.9 Å². The molecule has 6 heteroatoms. The quantitative estimate of drug-likeness (QED) is 0.722. The van der Waals surface area contributed by atoms with Gasteiger partial charge in [-0.05, 0) is 18.1 Å². The molecule has 0 aromatic heterocycles. The Morgan fingerprint density at radius 2 is 2.12 bits per heavy atom. The van der Waals surface area contributed by atoms with Crippen molar-refractivity contribution in [1.82, 2.24) is 15.1 Å². The van der Waals surface area contributed by atoms with Crippen LogP contribution in [-0.4, -0.2) is 59.8 Å². The van der Waals surface area contributed by atoms with Crippen LogP contribution in [0.15, 0.2) is 0 Å². The minimum absolute atomic E-state index is 0.0940. The van der Waals surface area contributed by atoms with E-state index in [9.17, 15) is 4.79 Å². The van der Waals surface area contributed by atoms with Gasteiger partial charge in [-0.1, -0.05) is 13.8 Å². The van der Waals surface area contributed by atoms with Gasteiger partial charge in [-0.2, -0.15) is 0 Å². The van der Waals surface area contributed by atoms with Crippen LogP contribution in [0.25, 0.3) is 0 Å². The summed E-state index contributed by atoms with van der Waals surface area (Å²) in [6.45, 7) is 7.81. The second-order valence-corrected chi connectivity index (χ2v) is 5.20. The summed E-state index contributed by atoms with van der Waals surface area (Å²) < 4.78 is 5.28. The number of carbonyl (C=O) groups is 1. The molecule has 1 atom stereocenters. The first-order valence-corrected chi connectivity index (χ1v) is 6.42. The Morgan fingerprint density at radius 3 is 2.65 bits per heavy atom. The molecule has 1 N–H and O–H groups in total. The van der Waals surface area contributed by atoms with Crippen LogP contribution < -0.4 is 5.32 Å². The van der Waals surface area contributed by atoms with Crippen LogP contribution in [0.4, 0.5) is 0 Å². The molecule has 0 spiro atoms. The fourth-order valence-electron chi connectivity index (χ4n) is 2.07. The van der Waals surface area contributed by atoms with Crippen molar-refractivity contribution >= 4 is 23.2 Å². The molecule has 1 amide bonds. The Bertz CT molecular complexity index is 316. The number of carbonyl (C=O) groups excluding carboxylic acids is 1. The molecule has 0 bridgehead atoms. The van der Waals surface area contributed by atoms with Gasteiger partial charge in [-0.15, -0.1) is 0 Å². The van der Waals surface area contributed by atoms with E-state index in [-0.39, 0.29) is 17.9 Å². The Labute approximate surface area is 107 Å². The number of hydrogen-bond acceptors (Lipinski definition) is 4. The van der Waals surface area contributed by atoms with Crippen molar-refractivity contribution in [3.05, 3.63) is 0 Å². The van der Waals surface area contributed by atoms with Crippen molar-refractivity contribution in [3.8, 4) is 0 Å². The van der Waals surface area contributed by atoms with Crippen molar-refractivity contribution in [2.24, 2.45) is 5.92 Å².